The van der Waals surface area contributed by atoms with Crippen molar-refractivity contribution in [2.24, 2.45) is 0 Å². The van der Waals surface area contributed by atoms with Gasteiger partial charge < -0.3 is 14.7 Å². The summed E-state index contributed by atoms with van der Waals surface area (Å²) in [7, 11) is 1.93. The van der Waals surface area contributed by atoms with Gasteiger partial charge in [-0.2, -0.15) is 0 Å². The van der Waals surface area contributed by atoms with Crippen molar-refractivity contribution in [1.29, 1.82) is 0 Å². The van der Waals surface area contributed by atoms with Crippen molar-refractivity contribution < 1.29 is 14.6 Å². The van der Waals surface area contributed by atoms with Crippen molar-refractivity contribution in [2.75, 3.05) is 26.7 Å². The normalized spacial score (nSPS) is 18.9. The van der Waals surface area contributed by atoms with E-state index >= 15 is 0 Å². The third kappa shape index (κ3) is 4.32. The molecule has 1 aliphatic rings. The largest absolute Gasteiger partial charge is 0.481 e. The van der Waals surface area contributed by atoms with Crippen molar-refractivity contribution in [3.05, 3.63) is 70.8 Å². The molecule has 2 aromatic rings. The van der Waals surface area contributed by atoms with Crippen LogP contribution in [0.25, 0.3) is 0 Å². The fourth-order valence-electron chi connectivity index (χ4n) is 3.69. The van der Waals surface area contributed by atoms with E-state index in [4.69, 9.17) is 9.84 Å². The predicted octanol–water partition coefficient (Wildman–Crippen LogP) is 3.86. The molecule has 0 saturated carbocycles. The number of hydrogen-bond donors (Lipinski definition) is 1. The number of rotatable bonds is 7. The Kier molecular flexibility index (Phi) is 6.07. The second kappa shape index (κ2) is 8.47. The molecule has 0 amide bonds. The third-order valence-electron chi connectivity index (χ3n) is 5.14. The molecule has 3 rings (SSSR count). The summed E-state index contributed by atoms with van der Waals surface area (Å²) in [5.41, 5.74) is 5.20. The molecule has 2 aromatic carbocycles. The quantitative estimate of drug-likeness (QED) is 0.821. The van der Waals surface area contributed by atoms with Crippen LogP contribution in [0, 0.1) is 0 Å². The molecule has 0 aromatic heterocycles. The SMILES string of the molecule is CC1Cc2ccccc2C(OCCN(C)CCC(=O)O)c2ccccc21. The lowest BCUT2D eigenvalue weighted by molar-refractivity contribution is -0.137. The Bertz CT molecular complexity index is 759. The molecule has 0 saturated heterocycles. The molecule has 0 heterocycles. The average molecular weight is 353 g/mol. The number of carboxylic acid groups (broad SMARTS) is 1. The first-order chi connectivity index (χ1) is 12.6. The van der Waals surface area contributed by atoms with Crippen LogP contribution in [0.3, 0.4) is 0 Å². The van der Waals surface area contributed by atoms with E-state index in [1.807, 2.05) is 11.9 Å². The molecule has 1 N–H and O–H groups in total. The standard InChI is InChI=1S/C22H27NO3/c1-16-15-17-7-3-4-9-19(17)22(20-10-6-5-8-18(16)20)26-14-13-23(2)12-11-21(24)25/h3-10,16,22H,11-15H2,1-2H3,(H,24,25). The van der Waals surface area contributed by atoms with E-state index in [0.29, 0.717) is 25.6 Å². The fourth-order valence-corrected chi connectivity index (χ4v) is 3.69. The van der Waals surface area contributed by atoms with Crippen molar-refractivity contribution in [1.82, 2.24) is 4.90 Å². The molecular formula is C22H27NO3. The first-order valence-electron chi connectivity index (χ1n) is 9.25. The molecule has 0 fully saturated rings. The number of ether oxygens (including phenoxy) is 1. The molecule has 2 atom stereocenters. The molecular weight excluding hydrogens is 326 g/mol. The highest BCUT2D eigenvalue weighted by atomic mass is 16.5. The zero-order valence-electron chi connectivity index (χ0n) is 15.5. The summed E-state index contributed by atoms with van der Waals surface area (Å²) in [4.78, 5) is 12.7. The highest BCUT2D eigenvalue weighted by Gasteiger charge is 2.27. The van der Waals surface area contributed by atoms with Crippen LogP contribution in [0.1, 0.15) is 47.6 Å². The van der Waals surface area contributed by atoms with Crippen LogP contribution in [0.15, 0.2) is 48.5 Å². The van der Waals surface area contributed by atoms with Gasteiger partial charge in [0, 0.05) is 13.1 Å². The molecule has 0 radical (unpaired) electrons. The van der Waals surface area contributed by atoms with Crippen molar-refractivity contribution in [3.63, 3.8) is 0 Å². The van der Waals surface area contributed by atoms with Gasteiger partial charge >= 0.3 is 5.97 Å². The molecule has 138 valence electrons. The minimum Gasteiger partial charge on any atom is -0.481 e. The lowest BCUT2D eigenvalue weighted by atomic mass is 9.93. The summed E-state index contributed by atoms with van der Waals surface area (Å²) in [5, 5.41) is 8.81. The zero-order valence-corrected chi connectivity index (χ0v) is 15.5. The number of carboxylic acids is 1. The Balaban J connectivity index is 1.77. The Hall–Kier alpha value is -2.17. The molecule has 1 aliphatic carbocycles. The highest BCUT2D eigenvalue weighted by molar-refractivity contribution is 5.66. The number of carbonyl (C=O) groups is 1. The van der Waals surface area contributed by atoms with Gasteiger partial charge in [0.2, 0.25) is 0 Å². The smallest absolute Gasteiger partial charge is 0.304 e. The van der Waals surface area contributed by atoms with Crippen molar-refractivity contribution in [2.45, 2.75) is 31.8 Å². The van der Waals surface area contributed by atoms with E-state index < -0.39 is 5.97 Å². The Morgan fingerprint density at radius 1 is 1.08 bits per heavy atom. The van der Waals surface area contributed by atoms with Gasteiger partial charge in [0.15, 0.2) is 0 Å². The maximum Gasteiger partial charge on any atom is 0.304 e. The predicted molar refractivity (Wildman–Crippen MR) is 103 cm³/mol. The molecule has 0 aliphatic heterocycles. The number of likely N-dealkylation sites (N-methyl/N-ethyl adjacent to an activating group) is 1. The van der Waals surface area contributed by atoms with Gasteiger partial charge in [-0.3, -0.25) is 4.79 Å². The van der Waals surface area contributed by atoms with Crippen LogP contribution in [-0.2, 0) is 16.0 Å². The van der Waals surface area contributed by atoms with Gasteiger partial charge in [0.05, 0.1) is 13.0 Å². The Morgan fingerprint density at radius 2 is 1.73 bits per heavy atom. The van der Waals surface area contributed by atoms with Crippen LogP contribution >= 0.6 is 0 Å². The minimum absolute atomic E-state index is 0.0692. The van der Waals surface area contributed by atoms with E-state index in [1.54, 1.807) is 0 Å². The lowest BCUT2D eigenvalue weighted by Gasteiger charge is -2.23. The van der Waals surface area contributed by atoms with Gasteiger partial charge in [0.1, 0.15) is 6.10 Å². The molecule has 0 spiro atoms. The first kappa shape index (κ1) is 18.6. The molecule has 0 bridgehead atoms. The molecule has 26 heavy (non-hydrogen) atoms. The van der Waals surface area contributed by atoms with Gasteiger partial charge in [-0.1, -0.05) is 55.5 Å². The second-order valence-electron chi connectivity index (χ2n) is 7.13. The number of nitrogens with zero attached hydrogens (tertiary/aromatic N) is 1. The monoisotopic (exact) mass is 353 g/mol. The summed E-state index contributed by atoms with van der Waals surface area (Å²) in [6.45, 7) is 4.09. The summed E-state index contributed by atoms with van der Waals surface area (Å²) >= 11 is 0. The highest BCUT2D eigenvalue weighted by Crippen LogP contribution is 2.39. The van der Waals surface area contributed by atoms with E-state index in [1.165, 1.54) is 22.3 Å². The van der Waals surface area contributed by atoms with E-state index in [2.05, 4.69) is 55.5 Å². The summed E-state index contributed by atoms with van der Waals surface area (Å²) in [5.74, 6) is -0.308. The number of fused-ring (bicyclic) bond motifs is 2. The van der Waals surface area contributed by atoms with Crippen LogP contribution < -0.4 is 0 Å². The second-order valence-corrected chi connectivity index (χ2v) is 7.13. The molecule has 2 unspecified atom stereocenters. The van der Waals surface area contributed by atoms with Gasteiger partial charge in [-0.05, 0) is 41.6 Å². The topological polar surface area (TPSA) is 49.8 Å². The van der Waals surface area contributed by atoms with E-state index in [0.717, 1.165) is 6.42 Å². The van der Waals surface area contributed by atoms with E-state index in [9.17, 15) is 4.79 Å². The Labute approximate surface area is 155 Å². The average Bonchev–Trinajstić information content (AvgIpc) is 2.75. The summed E-state index contributed by atoms with van der Waals surface area (Å²) in [6.07, 6.45) is 1.11. The third-order valence-corrected chi connectivity index (χ3v) is 5.14. The number of benzene rings is 2. The summed E-state index contributed by atoms with van der Waals surface area (Å²) in [6, 6.07) is 17.1. The first-order valence-corrected chi connectivity index (χ1v) is 9.25. The van der Waals surface area contributed by atoms with Crippen LogP contribution in [-0.4, -0.2) is 42.7 Å². The number of aliphatic carboxylic acids is 1. The number of hydrogen-bond acceptors (Lipinski definition) is 3. The van der Waals surface area contributed by atoms with Gasteiger partial charge in [-0.15, -0.1) is 0 Å². The van der Waals surface area contributed by atoms with Crippen molar-refractivity contribution >= 4 is 5.97 Å². The van der Waals surface area contributed by atoms with Crippen molar-refractivity contribution in [3.8, 4) is 0 Å². The van der Waals surface area contributed by atoms with Gasteiger partial charge in [-0.25, -0.2) is 0 Å². The van der Waals surface area contributed by atoms with Crippen LogP contribution in [0.2, 0.25) is 0 Å². The maximum absolute atomic E-state index is 10.7. The Morgan fingerprint density at radius 3 is 2.46 bits per heavy atom. The van der Waals surface area contributed by atoms with Crippen LogP contribution in [0.5, 0.6) is 0 Å². The zero-order chi connectivity index (χ0) is 18.5. The molecule has 4 nitrogen and oxygen atoms in total. The lowest BCUT2D eigenvalue weighted by Crippen LogP contribution is -2.26. The fraction of sp³-hybridized carbons (Fsp3) is 0.409. The van der Waals surface area contributed by atoms with E-state index in [-0.39, 0.29) is 12.5 Å². The summed E-state index contributed by atoms with van der Waals surface area (Å²) < 4.78 is 6.35. The molecule has 4 heteroatoms. The van der Waals surface area contributed by atoms with Crippen LogP contribution in [0.4, 0.5) is 0 Å². The minimum atomic E-state index is -0.765. The maximum atomic E-state index is 10.7. The van der Waals surface area contributed by atoms with Gasteiger partial charge in [0.25, 0.3) is 0 Å².